The highest BCUT2D eigenvalue weighted by molar-refractivity contribution is 7.99. The van der Waals surface area contributed by atoms with Crippen LogP contribution < -0.4 is 5.73 Å². The molecule has 1 aromatic heterocycles. The Morgan fingerprint density at radius 2 is 1.89 bits per heavy atom. The molecule has 0 saturated heterocycles. The van der Waals surface area contributed by atoms with E-state index in [0.29, 0.717) is 0 Å². The molecule has 1 heterocycles. The Kier molecular flexibility index (Phi) is 4.39. The van der Waals surface area contributed by atoms with E-state index in [1.54, 1.807) is 18.0 Å². The molecule has 0 radical (unpaired) electrons. The summed E-state index contributed by atoms with van der Waals surface area (Å²) in [5.74, 6) is 0. The van der Waals surface area contributed by atoms with E-state index in [1.165, 1.54) is 16.0 Å². The van der Waals surface area contributed by atoms with Crippen molar-refractivity contribution in [2.75, 3.05) is 0 Å². The molecule has 2 rings (SSSR count). The second-order valence-corrected chi connectivity index (χ2v) is 5.71. The minimum atomic E-state index is 0.0838. The molecule has 0 aliphatic carbocycles. The van der Waals surface area contributed by atoms with Crippen molar-refractivity contribution >= 4 is 11.8 Å². The molecular formula is C15H18N2S. The van der Waals surface area contributed by atoms with Crippen molar-refractivity contribution in [3.8, 4) is 0 Å². The fourth-order valence-electron chi connectivity index (χ4n) is 1.79. The van der Waals surface area contributed by atoms with Gasteiger partial charge in [-0.25, -0.2) is 0 Å². The van der Waals surface area contributed by atoms with Crippen LogP contribution in [0.3, 0.4) is 0 Å². The van der Waals surface area contributed by atoms with Gasteiger partial charge in [0.25, 0.3) is 0 Å². The maximum atomic E-state index is 6.10. The maximum Gasteiger partial charge on any atom is 0.0508 e. The Morgan fingerprint density at radius 3 is 2.44 bits per heavy atom. The van der Waals surface area contributed by atoms with Crippen LogP contribution in [-0.2, 0) is 0 Å². The Labute approximate surface area is 113 Å². The van der Waals surface area contributed by atoms with E-state index < -0.39 is 0 Å². The first-order chi connectivity index (χ1) is 8.66. The van der Waals surface area contributed by atoms with Crippen LogP contribution in [0.25, 0.3) is 0 Å². The van der Waals surface area contributed by atoms with E-state index in [9.17, 15) is 0 Å². The lowest BCUT2D eigenvalue weighted by molar-refractivity contribution is 0.719. The Morgan fingerprint density at radius 1 is 1.17 bits per heavy atom. The molecule has 0 spiro atoms. The van der Waals surface area contributed by atoms with Crippen LogP contribution in [0.15, 0.2) is 53.7 Å². The second-order valence-electron chi connectivity index (χ2n) is 4.50. The van der Waals surface area contributed by atoms with Gasteiger partial charge in [-0.2, -0.15) is 0 Å². The third-order valence-corrected chi connectivity index (χ3v) is 4.27. The zero-order chi connectivity index (χ0) is 13.0. The number of thioether (sulfide) groups is 1. The molecule has 2 N–H and O–H groups in total. The van der Waals surface area contributed by atoms with Gasteiger partial charge in [-0.15, -0.1) is 11.8 Å². The average molecular weight is 258 g/mol. The molecule has 0 aliphatic heterocycles. The predicted molar refractivity (Wildman–Crippen MR) is 77.7 cm³/mol. The quantitative estimate of drug-likeness (QED) is 0.852. The molecule has 18 heavy (non-hydrogen) atoms. The second kappa shape index (κ2) is 6.03. The number of aromatic nitrogens is 1. The topological polar surface area (TPSA) is 38.9 Å². The van der Waals surface area contributed by atoms with Crippen LogP contribution in [0, 0.1) is 6.92 Å². The van der Waals surface area contributed by atoms with Crippen LogP contribution in [0.2, 0.25) is 0 Å². The average Bonchev–Trinajstić information content (AvgIpc) is 2.38. The Bertz CT molecular complexity index is 480. The number of nitrogens with zero attached hydrogens (tertiary/aromatic N) is 1. The lowest BCUT2D eigenvalue weighted by Gasteiger charge is -2.20. The van der Waals surface area contributed by atoms with Crippen molar-refractivity contribution in [1.82, 2.24) is 4.98 Å². The van der Waals surface area contributed by atoms with Gasteiger partial charge in [0, 0.05) is 23.3 Å². The molecule has 2 atom stereocenters. The number of rotatable bonds is 4. The number of hydrogen-bond acceptors (Lipinski definition) is 3. The largest absolute Gasteiger partial charge is 0.327 e. The van der Waals surface area contributed by atoms with Gasteiger partial charge >= 0.3 is 0 Å². The van der Waals surface area contributed by atoms with E-state index in [1.807, 2.05) is 19.2 Å². The van der Waals surface area contributed by atoms with E-state index in [2.05, 4.69) is 42.2 Å². The summed E-state index contributed by atoms with van der Waals surface area (Å²) in [5, 5.41) is 0.237. The normalized spacial score (nSPS) is 14.2. The summed E-state index contributed by atoms with van der Waals surface area (Å²) >= 11 is 1.79. The lowest BCUT2D eigenvalue weighted by Crippen LogP contribution is -2.22. The molecule has 2 aromatic rings. The maximum absolute atomic E-state index is 6.10. The zero-order valence-electron chi connectivity index (χ0n) is 10.7. The highest BCUT2D eigenvalue weighted by atomic mass is 32.2. The van der Waals surface area contributed by atoms with Gasteiger partial charge in [0.1, 0.15) is 0 Å². The summed E-state index contributed by atoms with van der Waals surface area (Å²) in [5.41, 5.74) is 8.55. The molecule has 94 valence electrons. The molecule has 2 unspecified atom stereocenters. The molecule has 0 amide bonds. The van der Waals surface area contributed by atoms with Gasteiger partial charge < -0.3 is 5.73 Å². The van der Waals surface area contributed by atoms with Gasteiger partial charge in [0.05, 0.1) is 5.25 Å². The number of benzene rings is 1. The van der Waals surface area contributed by atoms with E-state index in [-0.39, 0.29) is 11.3 Å². The van der Waals surface area contributed by atoms with Crippen LogP contribution in [-0.4, -0.2) is 11.0 Å². The SMILES string of the molecule is Cc1ccc(SC(c2cccnc2)C(C)N)cc1. The molecule has 0 bridgehead atoms. The summed E-state index contributed by atoms with van der Waals surface area (Å²) in [6.45, 7) is 4.14. The van der Waals surface area contributed by atoms with Crippen molar-refractivity contribution in [1.29, 1.82) is 0 Å². The van der Waals surface area contributed by atoms with Gasteiger partial charge in [0.15, 0.2) is 0 Å². The molecule has 3 heteroatoms. The Balaban J connectivity index is 2.19. The van der Waals surface area contributed by atoms with E-state index >= 15 is 0 Å². The molecule has 0 saturated carbocycles. The molecule has 0 fully saturated rings. The van der Waals surface area contributed by atoms with Crippen LogP contribution in [0.5, 0.6) is 0 Å². The Hall–Kier alpha value is -1.32. The van der Waals surface area contributed by atoms with E-state index in [4.69, 9.17) is 5.73 Å². The van der Waals surface area contributed by atoms with Crippen LogP contribution in [0.4, 0.5) is 0 Å². The van der Waals surface area contributed by atoms with Crippen molar-refractivity contribution in [3.63, 3.8) is 0 Å². The molecule has 2 nitrogen and oxygen atoms in total. The van der Waals surface area contributed by atoms with Gasteiger partial charge in [-0.1, -0.05) is 23.8 Å². The van der Waals surface area contributed by atoms with Crippen molar-refractivity contribution in [2.45, 2.75) is 30.0 Å². The van der Waals surface area contributed by atoms with Crippen molar-refractivity contribution in [2.24, 2.45) is 5.73 Å². The smallest absolute Gasteiger partial charge is 0.0508 e. The number of aryl methyl sites for hydroxylation is 1. The number of pyridine rings is 1. The summed E-state index contributed by atoms with van der Waals surface area (Å²) in [4.78, 5) is 5.42. The third-order valence-electron chi connectivity index (χ3n) is 2.77. The third kappa shape index (κ3) is 3.34. The molecular weight excluding hydrogens is 240 g/mol. The summed E-state index contributed by atoms with van der Waals surface area (Å²) in [6, 6.07) is 12.7. The lowest BCUT2D eigenvalue weighted by atomic mass is 10.1. The number of hydrogen-bond donors (Lipinski definition) is 1. The first-order valence-corrected chi connectivity index (χ1v) is 6.93. The molecule has 0 aliphatic rings. The van der Waals surface area contributed by atoms with Crippen molar-refractivity contribution < 1.29 is 0 Å². The number of nitrogens with two attached hydrogens (primary N) is 1. The minimum Gasteiger partial charge on any atom is -0.327 e. The van der Waals surface area contributed by atoms with Gasteiger partial charge in [0.2, 0.25) is 0 Å². The monoisotopic (exact) mass is 258 g/mol. The minimum absolute atomic E-state index is 0.0838. The highest BCUT2D eigenvalue weighted by Gasteiger charge is 2.17. The molecule has 1 aromatic carbocycles. The summed E-state index contributed by atoms with van der Waals surface area (Å²) in [6.07, 6.45) is 3.69. The fraction of sp³-hybridized carbons (Fsp3) is 0.267. The zero-order valence-corrected chi connectivity index (χ0v) is 11.5. The standard InChI is InChI=1S/C15H18N2S/c1-11-5-7-14(8-6-11)18-15(12(2)16)13-4-3-9-17-10-13/h3-10,12,15H,16H2,1-2H3. The summed E-state index contributed by atoms with van der Waals surface area (Å²) < 4.78 is 0. The van der Waals surface area contributed by atoms with Crippen molar-refractivity contribution in [3.05, 3.63) is 59.9 Å². The van der Waals surface area contributed by atoms with Crippen LogP contribution in [0.1, 0.15) is 23.3 Å². The van der Waals surface area contributed by atoms with Crippen LogP contribution >= 0.6 is 11.8 Å². The summed E-state index contributed by atoms with van der Waals surface area (Å²) in [7, 11) is 0. The fourth-order valence-corrected chi connectivity index (χ4v) is 2.86. The first-order valence-electron chi connectivity index (χ1n) is 6.05. The predicted octanol–water partition coefficient (Wildman–Crippen LogP) is 3.57. The van der Waals surface area contributed by atoms with Gasteiger partial charge in [-0.3, -0.25) is 4.98 Å². The van der Waals surface area contributed by atoms with Gasteiger partial charge in [-0.05, 0) is 37.6 Å². The highest BCUT2D eigenvalue weighted by Crippen LogP contribution is 2.36. The first kappa shape index (κ1) is 13.1. The van der Waals surface area contributed by atoms with E-state index in [0.717, 1.165) is 0 Å².